The Balaban J connectivity index is 1.95. The van der Waals surface area contributed by atoms with Crippen LogP contribution in [0.1, 0.15) is 31.0 Å². The third kappa shape index (κ3) is 4.07. The van der Waals surface area contributed by atoms with Crippen molar-refractivity contribution >= 4 is 23.0 Å². The number of hydrogen-bond donors (Lipinski definition) is 2. The lowest BCUT2D eigenvalue weighted by atomic mass is 10.1. The van der Waals surface area contributed by atoms with Gasteiger partial charge in [-0.2, -0.15) is 0 Å². The number of nitrogens with one attached hydrogen (secondary N) is 2. The van der Waals surface area contributed by atoms with Crippen molar-refractivity contribution in [3.63, 3.8) is 0 Å². The molecule has 104 valence electrons. The molecule has 20 heavy (non-hydrogen) atoms. The topological polar surface area (TPSA) is 24.1 Å². The lowest BCUT2D eigenvalue weighted by Gasteiger charge is -2.17. The van der Waals surface area contributed by atoms with E-state index in [-0.39, 0.29) is 6.04 Å². The second kappa shape index (κ2) is 7.06. The molecule has 3 heteroatoms. The van der Waals surface area contributed by atoms with E-state index in [4.69, 9.17) is 12.2 Å². The Morgan fingerprint density at radius 2 is 1.85 bits per heavy atom. The van der Waals surface area contributed by atoms with Crippen LogP contribution in [0, 0.1) is 0 Å². The standard InChI is InChI=1S/C17H20N2S/c1-3-14-8-7-11-16(12-14)19-17(20)18-13(2)15-9-5-4-6-10-15/h4-13H,3H2,1-2H3,(H2,18,19,20)/t13-/m0/s1. The van der Waals surface area contributed by atoms with Gasteiger partial charge in [0.15, 0.2) is 5.11 Å². The molecule has 0 aliphatic rings. The van der Waals surface area contributed by atoms with Gasteiger partial charge >= 0.3 is 0 Å². The highest BCUT2D eigenvalue weighted by Crippen LogP contribution is 2.13. The summed E-state index contributed by atoms with van der Waals surface area (Å²) < 4.78 is 0. The van der Waals surface area contributed by atoms with E-state index in [9.17, 15) is 0 Å². The molecule has 2 rings (SSSR count). The number of anilines is 1. The molecule has 0 aliphatic carbocycles. The number of rotatable bonds is 4. The summed E-state index contributed by atoms with van der Waals surface area (Å²) in [5.41, 5.74) is 3.55. The van der Waals surface area contributed by atoms with Gasteiger partial charge in [0.1, 0.15) is 0 Å². The predicted molar refractivity (Wildman–Crippen MR) is 90.0 cm³/mol. The average Bonchev–Trinajstić information content (AvgIpc) is 2.48. The number of aryl methyl sites for hydroxylation is 1. The van der Waals surface area contributed by atoms with Gasteiger partial charge in [0.2, 0.25) is 0 Å². The molecule has 0 heterocycles. The zero-order valence-corrected chi connectivity index (χ0v) is 12.7. The van der Waals surface area contributed by atoms with Crippen LogP contribution in [0.2, 0.25) is 0 Å². The van der Waals surface area contributed by atoms with Crippen molar-refractivity contribution in [3.8, 4) is 0 Å². The first-order valence-corrected chi connectivity index (χ1v) is 7.31. The SMILES string of the molecule is CCc1cccc(NC(=S)N[C@@H](C)c2ccccc2)c1. The zero-order chi connectivity index (χ0) is 14.4. The van der Waals surface area contributed by atoms with Crippen LogP contribution < -0.4 is 10.6 Å². The summed E-state index contributed by atoms with van der Waals surface area (Å²) in [6.07, 6.45) is 1.02. The molecule has 0 aromatic heterocycles. The fourth-order valence-corrected chi connectivity index (χ4v) is 2.35. The van der Waals surface area contributed by atoms with Crippen molar-refractivity contribution in [1.29, 1.82) is 0 Å². The monoisotopic (exact) mass is 284 g/mol. The van der Waals surface area contributed by atoms with Crippen LogP contribution in [-0.4, -0.2) is 5.11 Å². The molecule has 2 aromatic carbocycles. The molecule has 0 fully saturated rings. The van der Waals surface area contributed by atoms with Crippen LogP contribution in [-0.2, 0) is 6.42 Å². The highest BCUT2D eigenvalue weighted by Gasteiger charge is 2.06. The molecule has 0 amide bonds. The van der Waals surface area contributed by atoms with Gasteiger partial charge in [-0.15, -0.1) is 0 Å². The van der Waals surface area contributed by atoms with Gasteiger partial charge < -0.3 is 10.6 Å². The van der Waals surface area contributed by atoms with Gasteiger partial charge in [-0.3, -0.25) is 0 Å². The van der Waals surface area contributed by atoms with Gasteiger partial charge in [-0.25, -0.2) is 0 Å². The van der Waals surface area contributed by atoms with Crippen molar-refractivity contribution in [2.75, 3.05) is 5.32 Å². The van der Waals surface area contributed by atoms with Crippen LogP contribution in [0.15, 0.2) is 54.6 Å². The molecule has 0 radical (unpaired) electrons. The van der Waals surface area contributed by atoms with Gasteiger partial charge in [0, 0.05) is 5.69 Å². The first kappa shape index (κ1) is 14.5. The fourth-order valence-electron chi connectivity index (χ4n) is 2.06. The molecule has 1 atom stereocenters. The number of hydrogen-bond acceptors (Lipinski definition) is 1. The normalized spacial score (nSPS) is 11.7. The molecule has 0 saturated carbocycles. The Kier molecular flexibility index (Phi) is 5.13. The average molecular weight is 284 g/mol. The minimum Gasteiger partial charge on any atom is -0.356 e. The van der Waals surface area contributed by atoms with E-state index < -0.39 is 0 Å². The van der Waals surface area contributed by atoms with E-state index >= 15 is 0 Å². The van der Waals surface area contributed by atoms with E-state index in [1.54, 1.807) is 0 Å². The molecular formula is C17H20N2S. The first-order chi connectivity index (χ1) is 9.69. The summed E-state index contributed by atoms with van der Waals surface area (Å²) in [7, 11) is 0. The van der Waals surface area contributed by atoms with E-state index in [1.807, 2.05) is 30.3 Å². The summed E-state index contributed by atoms with van der Waals surface area (Å²) in [6, 6.07) is 18.8. The van der Waals surface area contributed by atoms with Crippen molar-refractivity contribution < 1.29 is 0 Å². The minimum atomic E-state index is 0.186. The third-order valence-electron chi connectivity index (χ3n) is 3.24. The largest absolute Gasteiger partial charge is 0.356 e. The molecule has 2 aromatic rings. The first-order valence-electron chi connectivity index (χ1n) is 6.90. The van der Waals surface area contributed by atoms with Crippen molar-refractivity contribution in [2.24, 2.45) is 0 Å². The second-order valence-corrected chi connectivity index (χ2v) is 5.19. The Morgan fingerprint density at radius 1 is 1.10 bits per heavy atom. The van der Waals surface area contributed by atoms with E-state index in [0.29, 0.717) is 5.11 Å². The number of benzene rings is 2. The molecule has 2 N–H and O–H groups in total. The van der Waals surface area contributed by atoms with Crippen molar-refractivity contribution in [2.45, 2.75) is 26.3 Å². The van der Waals surface area contributed by atoms with Gasteiger partial charge in [0.05, 0.1) is 6.04 Å². The summed E-state index contributed by atoms with van der Waals surface area (Å²) in [5.74, 6) is 0. The van der Waals surface area contributed by atoms with Gasteiger partial charge in [0.25, 0.3) is 0 Å². The molecule has 0 aliphatic heterocycles. The van der Waals surface area contributed by atoms with E-state index in [2.05, 4.69) is 48.7 Å². The van der Waals surface area contributed by atoms with Crippen LogP contribution in [0.3, 0.4) is 0 Å². The highest BCUT2D eigenvalue weighted by atomic mass is 32.1. The third-order valence-corrected chi connectivity index (χ3v) is 3.46. The maximum Gasteiger partial charge on any atom is 0.171 e. The van der Waals surface area contributed by atoms with Crippen LogP contribution in [0.4, 0.5) is 5.69 Å². The summed E-state index contributed by atoms with van der Waals surface area (Å²) >= 11 is 5.37. The molecule has 2 nitrogen and oxygen atoms in total. The van der Waals surface area contributed by atoms with Gasteiger partial charge in [-0.05, 0) is 48.8 Å². The van der Waals surface area contributed by atoms with Crippen molar-refractivity contribution in [1.82, 2.24) is 5.32 Å². The lowest BCUT2D eigenvalue weighted by molar-refractivity contribution is 0.722. The predicted octanol–water partition coefficient (Wildman–Crippen LogP) is 4.30. The Morgan fingerprint density at radius 3 is 2.55 bits per heavy atom. The van der Waals surface area contributed by atoms with Gasteiger partial charge in [-0.1, -0.05) is 49.4 Å². The molecular weight excluding hydrogens is 264 g/mol. The summed E-state index contributed by atoms with van der Waals surface area (Å²) in [4.78, 5) is 0. The fraction of sp³-hybridized carbons (Fsp3) is 0.235. The number of thiocarbonyl (C=S) groups is 1. The van der Waals surface area contributed by atoms with E-state index in [0.717, 1.165) is 12.1 Å². The summed E-state index contributed by atoms with van der Waals surface area (Å²) in [5, 5.41) is 7.19. The van der Waals surface area contributed by atoms with E-state index in [1.165, 1.54) is 11.1 Å². The van der Waals surface area contributed by atoms with Crippen LogP contribution in [0.5, 0.6) is 0 Å². The zero-order valence-electron chi connectivity index (χ0n) is 11.9. The van der Waals surface area contributed by atoms with Crippen LogP contribution in [0.25, 0.3) is 0 Å². The maximum atomic E-state index is 5.37. The molecule has 0 saturated heterocycles. The summed E-state index contributed by atoms with van der Waals surface area (Å²) in [6.45, 7) is 4.25. The minimum absolute atomic E-state index is 0.186. The molecule has 0 spiro atoms. The highest BCUT2D eigenvalue weighted by molar-refractivity contribution is 7.80. The smallest absolute Gasteiger partial charge is 0.171 e. The Labute approximate surface area is 126 Å². The second-order valence-electron chi connectivity index (χ2n) is 4.78. The Hall–Kier alpha value is -1.87. The lowest BCUT2D eigenvalue weighted by Crippen LogP contribution is -2.30. The molecule has 0 unspecified atom stereocenters. The Bertz CT molecular complexity index is 566. The van der Waals surface area contributed by atoms with Crippen molar-refractivity contribution in [3.05, 3.63) is 65.7 Å². The maximum absolute atomic E-state index is 5.37. The van der Waals surface area contributed by atoms with Crippen LogP contribution >= 0.6 is 12.2 Å². The molecule has 0 bridgehead atoms. The quantitative estimate of drug-likeness (QED) is 0.819.